The Balaban J connectivity index is 1.77. The number of ether oxygens (including phenoxy) is 1. The van der Waals surface area contributed by atoms with Gasteiger partial charge in [0, 0.05) is 30.6 Å². The van der Waals surface area contributed by atoms with Gasteiger partial charge in [-0.15, -0.1) is 0 Å². The Labute approximate surface area is 150 Å². The van der Waals surface area contributed by atoms with Gasteiger partial charge < -0.3 is 35.0 Å². The molecule has 26 heavy (non-hydrogen) atoms. The molecule has 1 saturated heterocycles. The third-order valence-corrected chi connectivity index (χ3v) is 4.88. The summed E-state index contributed by atoms with van der Waals surface area (Å²) in [4.78, 5) is 16.6. The highest BCUT2D eigenvalue weighted by molar-refractivity contribution is 5.83. The number of nitrogens with one attached hydrogen (secondary N) is 1. The molecule has 0 aliphatic carbocycles. The van der Waals surface area contributed by atoms with Gasteiger partial charge in [-0.05, 0) is 18.1 Å². The van der Waals surface area contributed by atoms with E-state index >= 15 is 0 Å². The molecule has 1 aliphatic rings. The number of H-pyrrole nitrogens is 1. The number of aromatic amines is 1. The van der Waals surface area contributed by atoms with Crippen LogP contribution in [0.1, 0.15) is 12.5 Å². The van der Waals surface area contributed by atoms with Crippen LogP contribution in [0.3, 0.4) is 0 Å². The standard InChI is InChI=1S/C18H24N2O6/c1-10(22)20(18-17(25)16(24)15(23)14(9-21)26-18)7-6-11-8-19-13-5-3-2-4-12(11)13/h2-5,8,14-19,21,23-25H,6-7,9H2,1H3/t14-,15+,16+,17+,18+/m0/s1. The fourth-order valence-electron chi connectivity index (χ4n) is 3.38. The van der Waals surface area contributed by atoms with E-state index < -0.39 is 37.3 Å². The van der Waals surface area contributed by atoms with Crippen LogP contribution < -0.4 is 0 Å². The van der Waals surface area contributed by atoms with Gasteiger partial charge in [0.05, 0.1) is 6.61 Å². The third kappa shape index (κ3) is 3.46. The van der Waals surface area contributed by atoms with Crippen LogP contribution in [0.5, 0.6) is 0 Å². The van der Waals surface area contributed by atoms with Gasteiger partial charge in [0.15, 0.2) is 6.23 Å². The van der Waals surface area contributed by atoms with E-state index in [-0.39, 0.29) is 12.5 Å². The summed E-state index contributed by atoms with van der Waals surface area (Å²) in [5, 5.41) is 40.5. The highest BCUT2D eigenvalue weighted by atomic mass is 16.6. The zero-order chi connectivity index (χ0) is 18.8. The topological polar surface area (TPSA) is 126 Å². The van der Waals surface area contributed by atoms with Gasteiger partial charge in [-0.25, -0.2) is 0 Å². The number of aromatic nitrogens is 1. The number of aliphatic hydroxyl groups is 4. The molecule has 142 valence electrons. The van der Waals surface area contributed by atoms with Crippen LogP contribution in [-0.4, -0.2) is 80.0 Å². The van der Waals surface area contributed by atoms with Gasteiger partial charge in [0.1, 0.15) is 24.4 Å². The molecule has 0 bridgehead atoms. The predicted molar refractivity (Wildman–Crippen MR) is 93.2 cm³/mol. The molecule has 0 saturated carbocycles. The molecule has 1 fully saturated rings. The summed E-state index contributed by atoms with van der Waals surface area (Å²) >= 11 is 0. The van der Waals surface area contributed by atoms with E-state index in [0.29, 0.717) is 6.42 Å². The SMILES string of the molecule is CC(=O)N(CCc1c[nH]c2ccccc12)[C@@H]1O[C@@H](CO)[C@@H](O)[C@@H](O)[C@H]1O. The molecule has 2 heterocycles. The second-order valence-corrected chi connectivity index (χ2v) is 6.54. The van der Waals surface area contributed by atoms with Crippen molar-refractivity contribution in [2.45, 2.75) is 44.0 Å². The van der Waals surface area contributed by atoms with Crippen molar-refractivity contribution in [2.24, 2.45) is 0 Å². The number of carbonyl (C=O) groups excluding carboxylic acids is 1. The first-order chi connectivity index (χ1) is 12.4. The minimum absolute atomic E-state index is 0.250. The number of amides is 1. The number of benzene rings is 1. The fourth-order valence-corrected chi connectivity index (χ4v) is 3.38. The highest BCUT2D eigenvalue weighted by Gasteiger charge is 2.46. The minimum Gasteiger partial charge on any atom is -0.394 e. The van der Waals surface area contributed by atoms with E-state index in [4.69, 9.17) is 4.74 Å². The van der Waals surface area contributed by atoms with Crippen LogP contribution in [0.2, 0.25) is 0 Å². The molecule has 8 nitrogen and oxygen atoms in total. The summed E-state index contributed by atoms with van der Waals surface area (Å²) in [6, 6.07) is 7.80. The minimum atomic E-state index is -1.51. The predicted octanol–water partition coefficient (Wildman–Crippen LogP) is -0.641. The van der Waals surface area contributed by atoms with Crippen molar-refractivity contribution in [1.29, 1.82) is 0 Å². The van der Waals surface area contributed by atoms with Crippen molar-refractivity contribution in [1.82, 2.24) is 9.88 Å². The van der Waals surface area contributed by atoms with Crippen LogP contribution in [0.15, 0.2) is 30.5 Å². The monoisotopic (exact) mass is 364 g/mol. The molecule has 1 aliphatic heterocycles. The van der Waals surface area contributed by atoms with Gasteiger partial charge in [0.2, 0.25) is 5.91 Å². The summed E-state index contributed by atoms with van der Waals surface area (Å²) in [5.74, 6) is -0.339. The normalized spacial score (nSPS) is 29.0. The maximum atomic E-state index is 12.1. The van der Waals surface area contributed by atoms with Crippen molar-refractivity contribution in [3.8, 4) is 0 Å². The number of rotatable bonds is 5. The van der Waals surface area contributed by atoms with Crippen LogP contribution in [0.25, 0.3) is 10.9 Å². The molecule has 5 atom stereocenters. The summed E-state index contributed by atoms with van der Waals surface area (Å²) < 4.78 is 5.50. The highest BCUT2D eigenvalue weighted by Crippen LogP contribution is 2.25. The van der Waals surface area contributed by atoms with Gasteiger partial charge >= 0.3 is 0 Å². The average molecular weight is 364 g/mol. The lowest BCUT2D eigenvalue weighted by Gasteiger charge is -2.44. The molecule has 3 rings (SSSR count). The van der Waals surface area contributed by atoms with Gasteiger partial charge in [-0.3, -0.25) is 4.79 Å². The lowest BCUT2D eigenvalue weighted by molar-refractivity contribution is -0.261. The van der Waals surface area contributed by atoms with Crippen molar-refractivity contribution in [3.63, 3.8) is 0 Å². The molecule has 1 aromatic carbocycles. The van der Waals surface area contributed by atoms with Gasteiger partial charge in [-0.2, -0.15) is 0 Å². The van der Waals surface area contributed by atoms with Gasteiger partial charge in [0.25, 0.3) is 0 Å². The molecule has 0 unspecified atom stereocenters. The van der Waals surface area contributed by atoms with Crippen LogP contribution in [0.4, 0.5) is 0 Å². The van der Waals surface area contributed by atoms with E-state index in [1.54, 1.807) is 0 Å². The van der Waals surface area contributed by atoms with E-state index in [1.165, 1.54) is 11.8 Å². The van der Waals surface area contributed by atoms with Crippen molar-refractivity contribution >= 4 is 16.8 Å². The number of hydrogen-bond donors (Lipinski definition) is 5. The summed E-state index contributed by atoms with van der Waals surface area (Å²) in [6.07, 6.45) is -4.25. The molecule has 8 heteroatoms. The van der Waals surface area contributed by atoms with E-state index in [2.05, 4.69) is 4.98 Å². The van der Waals surface area contributed by atoms with Gasteiger partial charge in [-0.1, -0.05) is 18.2 Å². The number of aliphatic hydroxyl groups excluding tert-OH is 4. The fraction of sp³-hybridized carbons (Fsp3) is 0.500. The Morgan fingerprint density at radius 2 is 1.92 bits per heavy atom. The van der Waals surface area contributed by atoms with Crippen molar-refractivity contribution < 1.29 is 30.0 Å². The Morgan fingerprint density at radius 1 is 1.19 bits per heavy atom. The van der Waals surface area contributed by atoms with E-state index in [9.17, 15) is 25.2 Å². The summed E-state index contributed by atoms with van der Waals surface area (Å²) in [6.45, 7) is 1.06. The second-order valence-electron chi connectivity index (χ2n) is 6.54. The Morgan fingerprint density at radius 3 is 2.62 bits per heavy atom. The average Bonchev–Trinajstić information content (AvgIpc) is 3.04. The Hall–Kier alpha value is -1.97. The molecule has 5 N–H and O–H groups in total. The Kier molecular flexibility index (Phi) is 5.59. The first-order valence-electron chi connectivity index (χ1n) is 8.56. The third-order valence-electron chi connectivity index (χ3n) is 4.88. The first-order valence-corrected chi connectivity index (χ1v) is 8.56. The van der Waals surface area contributed by atoms with Crippen LogP contribution in [-0.2, 0) is 16.0 Å². The maximum Gasteiger partial charge on any atom is 0.221 e. The lowest BCUT2D eigenvalue weighted by atomic mass is 9.97. The zero-order valence-corrected chi connectivity index (χ0v) is 14.4. The molecule has 0 radical (unpaired) electrons. The number of fused-ring (bicyclic) bond motifs is 1. The Bertz CT molecular complexity index is 761. The maximum absolute atomic E-state index is 12.1. The molecule has 0 spiro atoms. The first kappa shape index (κ1) is 18.8. The van der Waals surface area contributed by atoms with E-state index in [1.807, 2.05) is 30.5 Å². The molecular formula is C18H24N2O6. The number of hydrogen-bond acceptors (Lipinski definition) is 6. The largest absolute Gasteiger partial charge is 0.394 e. The quantitative estimate of drug-likeness (QED) is 0.480. The summed E-state index contributed by atoms with van der Waals surface area (Å²) in [7, 11) is 0. The second kappa shape index (κ2) is 7.73. The molecular weight excluding hydrogens is 340 g/mol. The number of nitrogens with zero attached hydrogens (tertiary/aromatic N) is 1. The summed E-state index contributed by atoms with van der Waals surface area (Å²) in [5.41, 5.74) is 2.00. The number of para-hydroxylation sites is 1. The molecule has 1 amide bonds. The van der Waals surface area contributed by atoms with Crippen molar-refractivity contribution in [3.05, 3.63) is 36.0 Å². The smallest absolute Gasteiger partial charge is 0.221 e. The van der Waals surface area contributed by atoms with E-state index in [0.717, 1.165) is 16.5 Å². The lowest BCUT2D eigenvalue weighted by Crippen LogP contribution is -2.64. The zero-order valence-electron chi connectivity index (χ0n) is 14.4. The molecule has 1 aromatic heterocycles. The molecule has 2 aromatic rings. The van der Waals surface area contributed by atoms with Crippen LogP contribution >= 0.6 is 0 Å². The van der Waals surface area contributed by atoms with Crippen LogP contribution in [0, 0.1) is 0 Å². The van der Waals surface area contributed by atoms with Crippen molar-refractivity contribution in [2.75, 3.05) is 13.2 Å². The number of carbonyl (C=O) groups is 1.